The van der Waals surface area contributed by atoms with Gasteiger partial charge in [0, 0.05) is 23.7 Å². The van der Waals surface area contributed by atoms with Crippen molar-refractivity contribution in [3.8, 4) is 11.3 Å². The lowest BCUT2D eigenvalue weighted by molar-refractivity contribution is -0.125. The summed E-state index contributed by atoms with van der Waals surface area (Å²) in [5.74, 6) is -0.296. The van der Waals surface area contributed by atoms with Gasteiger partial charge in [-0.05, 0) is 42.3 Å². The second kappa shape index (κ2) is 5.15. The number of amides is 3. The number of benzene rings is 1. The molecule has 4 rings (SSSR count). The molecule has 1 aliphatic carbocycles. The predicted octanol–water partition coefficient (Wildman–Crippen LogP) is 2.30. The maximum Gasteiger partial charge on any atom is 0.324 e. The Morgan fingerprint density at radius 2 is 1.91 bits per heavy atom. The molecule has 3 amide bonds. The largest absolute Gasteiger partial charge is 0.329 e. The zero-order valence-corrected chi connectivity index (χ0v) is 12.2. The maximum absolute atomic E-state index is 12.9. The van der Waals surface area contributed by atoms with Gasteiger partial charge in [-0.15, -0.1) is 0 Å². The highest BCUT2D eigenvalue weighted by Gasteiger charge is 2.49. The number of nitrogens with one attached hydrogen (secondary N) is 1. The van der Waals surface area contributed by atoms with Crippen molar-refractivity contribution < 1.29 is 14.0 Å². The van der Waals surface area contributed by atoms with Gasteiger partial charge in [0.1, 0.15) is 5.82 Å². The Balaban J connectivity index is 1.50. The van der Waals surface area contributed by atoms with Crippen LogP contribution in [0, 0.1) is 5.82 Å². The molecule has 1 saturated heterocycles. The number of nitrogens with zero attached hydrogens (tertiary/aromatic N) is 2. The summed E-state index contributed by atoms with van der Waals surface area (Å²) in [5, 5.41) is 2.54. The van der Waals surface area contributed by atoms with Gasteiger partial charge in [-0.1, -0.05) is 6.07 Å². The Morgan fingerprint density at radius 1 is 1.13 bits per heavy atom. The molecule has 23 heavy (non-hydrogen) atoms. The van der Waals surface area contributed by atoms with E-state index in [1.54, 1.807) is 18.3 Å². The third kappa shape index (κ3) is 2.46. The number of rotatable bonds is 3. The summed E-state index contributed by atoms with van der Waals surface area (Å²) in [5.41, 5.74) is 2.62. The summed E-state index contributed by atoms with van der Waals surface area (Å²) in [7, 11) is 0. The molecule has 2 aliphatic rings. The molecule has 1 N–H and O–H groups in total. The molecule has 0 radical (unpaired) electrons. The van der Waals surface area contributed by atoms with Crippen molar-refractivity contribution in [2.45, 2.75) is 18.4 Å². The Bertz CT molecular complexity index is 757. The first-order chi connectivity index (χ1) is 11.1. The van der Waals surface area contributed by atoms with Crippen molar-refractivity contribution in [1.29, 1.82) is 0 Å². The van der Waals surface area contributed by atoms with E-state index in [0.29, 0.717) is 0 Å². The predicted molar refractivity (Wildman–Crippen MR) is 81.0 cm³/mol. The second-order valence-corrected chi connectivity index (χ2v) is 5.82. The van der Waals surface area contributed by atoms with Gasteiger partial charge in [0.05, 0.1) is 12.2 Å². The number of hydrogen-bond acceptors (Lipinski definition) is 3. The summed E-state index contributed by atoms with van der Waals surface area (Å²) in [6.07, 6.45) is 2.54. The second-order valence-electron chi connectivity index (χ2n) is 5.82. The van der Waals surface area contributed by atoms with Gasteiger partial charge >= 0.3 is 6.03 Å². The number of pyridine rings is 1. The smallest absolute Gasteiger partial charge is 0.324 e. The quantitative estimate of drug-likeness (QED) is 0.885. The van der Waals surface area contributed by atoms with Crippen molar-refractivity contribution >= 4 is 11.9 Å². The number of carbonyl (C=O) groups is 2. The van der Waals surface area contributed by atoms with E-state index in [9.17, 15) is 14.0 Å². The van der Waals surface area contributed by atoms with E-state index in [0.717, 1.165) is 23.2 Å². The summed E-state index contributed by atoms with van der Waals surface area (Å²) in [6.45, 7) is 0.0871. The topological polar surface area (TPSA) is 62.3 Å². The monoisotopic (exact) mass is 311 g/mol. The molecule has 1 aromatic carbocycles. The fraction of sp³-hybridized carbons (Fsp3) is 0.235. The van der Waals surface area contributed by atoms with E-state index < -0.39 is 0 Å². The molecule has 2 heterocycles. The van der Waals surface area contributed by atoms with Gasteiger partial charge in [-0.25, -0.2) is 9.18 Å². The van der Waals surface area contributed by atoms with Crippen molar-refractivity contribution in [3.05, 3.63) is 54.0 Å². The van der Waals surface area contributed by atoms with E-state index >= 15 is 0 Å². The van der Waals surface area contributed by atoms with E-state index in [4.69, 9.17) is 0 Å². The summed E-state index contributed by atoms with van der Waals surface area (Å²) >= 11 is 0. The van der Waals surface area contributed by atoms with Crippen LogP contribution in [0.1, 0.15) is 17.9 Å². The Kier molecular flexibility index (Phi) is 3.11. The number of hydrogen-bond donors (Lipinski definition) is 1. The minimum Gasteiger partial charge on any atom is -0.329 e. The van der Waals surface area contributed by atoms with Crippen LogP contribution in [0.15, 0.2) is 42.6 Å². The molecule has 5 nitrogen and oxygen atoms in total. The van der Waals surface area contributed by atoms with E-state index in [2.05, 4.69) is 10.3 Å². The molecule has 2 atom stereocenters. The Labute approximate surface area is 132 Å². The van der Waals surface area contributed by atoms with Crippen LogP contribution >= 0.6 is 0 Å². The van der Waals surface area contributed by atoms with Gasteiger partial charge in [0.25, 0.3) is 0 Å². The fourth-order valence-electron chi connectivity index (χ4n) is 3.01. The van der Waals surface area contributed by atoms with Gasteiger partial charge in [0.2, 0.25) is 5.91 Å². The van der Waals surface area contributed by atoms with E-state index in [1.165, 1.54) is 17.0 Å². The highest BCUT2D eigenvalue weighted by molar-refractivity contribution is 6.02. The summed E-state index contributed by atoms with van der Waals surface area (Å²) in [4.78, 5) is 29.1. The van der Waals surface area contributed by atoms with Crippen molar-refractivity contribution in [2.75, 3.05) is 6.54 Å². The maximum atomic E-state index is 12.9. The summed E-state index contributed by atoms with van der Waals surface area (Å²) < 4.78 is 12.9. The molecule has 2 aromatic rings. The lowest BCUT2D eigenvalue weighted by atomic mass is 10.1. The number of urea groups is 1. The average Bonchev–Trinajstić information content (AvgIpc) is 3.27. The van der Waals surface area contributed by atoms with Crippen LogP contribution in [0.3, 0.4) is 0 Å². The molecule has 1 aliphatic heterocycles. The van der Waals surface area contributed by atoms with Crippen LogP contribution in [0.2, 0.25) is 0 Å². The van der Waals surface area contributed by atoms with Crippen LogP contribution in [-0.2, 0) is 4.79 Å². The van der Waals surface area contributed by atoms with Crippen LogP contribution in [0.5, 0.6) is 0 Å². The molecule has 0 unspecified atom stereocenters. The van der Waals surface area contributed by atoms with Crippen LogP contribution in [0.4, 0.5) is 9.18 Å². The first-order valence-corrected chi connectivity index (χ1v) is 7.45. The van der Waals surface area contributed by atoms with Gasteiger partial charge in [-0.2, -0.15) is 0 Å². The van der Waals surface area contributed by atoms with Crippen LogP contribution < -0.4 is 5.32 Å². The van der Waals surface area contributed by atoms with E-state index in [1.807, 2.05) is 12.1 Å². The standard InChI is InChI=1S/C17H14FN3O2/c18-12-4-1-10(2-5-12)14-6-3-11(8-19-14)13-7-15(13)21-16(22)9-20-17(21)23/h1-6,8,13,15H,7,9H2,(H,20,23)/t13-,15+/m1/s1. The van der Waals surface area contributed by atoms with Gasteiger partial charge in [0.15, 0.2) is 0 Å². The number of halogens is 1. The number of carbonyl (C=O) groups excluding carboxylic acids is 2. The molecule has 116 valence electrons. The lowest BCUT2D eigenvalue weighted by Crippen LogP contribution is -2.33. The highest BCUT2D eigenvalue weighted by atomic mass is 19.1. The third-order valence-electron chi connectivity index (χ3n) is 4.32. The fourth-order valence-corrected chi connectivity index (χ4v) is 3.01. The first kappa shape index (κ1) is 13.9. The lowest BCUT2D eigenvalue weighted by Gasteiger charge is -2.12. The molecule has 1 aromatic heterocycles. The zero-order chi connectivity index (χ0) is 16.0. The van der Waals surface area contributed by atoms with Gasteiger partial charge in [-0.3, -0.25) is 14.7 Å². The van der Waals surface area contributed by atoms with Crippen LogP contribution in [0.25, 0.3) is 11.3 Å². The van der Waals surface area contributed by atoms with Gasteiger partial charge < -0.3 is 5.32 Å². The minimum atomic E-state index is -0.307. The Morgan fingerprint density at radius 3 is 2.52 bits per heavy atom. The molecular weight excluding hydrogens is 297 g/mol. The molecule has 6 heteroatoms. The normalized spacial score (nSPS) is 23.1. The highest BCUT2D eigenvalue weighted by Crippen LogP contribution is 2.45. The van der Waals surface area contributed by atoms with Crippen molar-refractivity contribution in [2.24, 2.45) is 0 Å². The Hall–Kier alpha value is -2.76. The number of aromatic nitrogens is 1. The summed E-state index contributed by atoms with van der Waals surface area (Å²) in [6, 6.07) is 9.63. The molecule has 0 bridgehead atoms. The molecule has 0 spiro atoms. The molecule has 2 fully saturated rings. The first-order valence-electron chi connectivity index (χ1n) is 7.45. The third-order valence-corrected chi connectivity index (χ3v) is 4.32. The van der Waals surface area contributed by atoms with Crippen LogP contribution in [-0.4, -0.2) is 34.4 Å². The molecule has 1 saturated carbocycles. The SMILES string of the molecule is O=C1CNC(=O)N1[C@H]1C[C@@H]1c1ccc(-c2ccc(F)cc2)nc1. The zero-order valence-electron chi connectivity index (χ0n) is 12.2. The van der Waals surface area contributed by atoms with Crippen molar-refractivity contribution in [1.82, 2.24) is 15.2 Å². The minimum absolute atomic E-state index is 0.0662. The van der Waals surface area contributed by atoms with Crippen molar-refractivity contribution in [3.63, 3.8) is 0 Å². The average molecular weight is 311 g/mol. The van der Waals surface area contributed by atoms with E-state index in [-0.39, 0.29) is 36.3 Å². The number of imide groups is 1. The molecular formula is C17H14FN3O2.